The molecule has 1 amide bonds. The molecule has 23 heavy (non-hydrogen) atoms. The lowest BCUT2D eigenvalue weighted by molar-refractivity contribution is -0.114. The number of aromatic nitrogens is 2. The van der Waals surface area contributed by atoms with Crippen molar-refractivity contribution in [3.63, 3.8) is 0 Å². The fourth-order valence-electron chi connectivity index (χ4n) is 2.47. The summed E-state index contributed by atoms with van der Waals surface area (Å²) in [5, 5.41) is 11.2. The van der Waals surface area contributed by atoms with E-state index in [-0.39, 0.29) is 5.91 Å². The van der Waals surface area contributed by atoms with Crippen LogP contribution in [0.1, 0.15) is 20.3 Å². The molecule has 0 aliphatic carbocycles. The van der Waals surface area contributed by atoms with Crippen LogP contribution in [-0.2, 0) is 4.79 Å². The van der Waals surface area contributed by atoms with E-state index in [9.17, 15) is 4.79 Å². The van der Waals surface area contributed by atoms with Crippen LogP contribution in [0.25, 0.3) is 22.2 Å². The first-order chi connectivity index (χ1) is 11.2. The summed E-state index contributed by atoms with van der Waals surface area (Å²) in [6.45, 7) is 4.26. The van der Waals surface area contributed by atoms with Crippen LogP contribution >= 0.6 is 0 Å². The van der Waals surface area contributed by atoms with E-state index < -0.39 is 0 Å². The van der Waals surface area contributed by atoms with E-state index in [1.807, 2.05) is 42.5 Å². The fraction of sp³-hybridized carbons (Fsp3) is 0.222. The first kappa shape index (κ1) is 15.1. The second kappa shape index (κ2) is 6.52. The minimum absolute atomic E-state index is 0.0933. The molecule has 0 atom stereocenters. The van der Waals surface area contributed by atoms with Crippen molar-refractivity contribution in [1.82, 2.24) is 10.2 Å². The number of anilines is 1. The number of benzene rings is 2. The Hall–Kier alpha value is -2.82. The van der Waals surface area contributed by atoms with Gasteiger partial charge in [-0.05, 0) is 36.8 Å². The number of nitrogens with zero attached hydrogens (tertiary/aromatic N) is 1. The van der Waals surface area contributed by atoms with E-state index in [0.29, 0.717) is 6.61 Å². The van der Waals surface area contributed by atoms with Gasteiger partial charge in [-0.25, -0.2) is 0 Å². The maximum absolute atomic E-state index is 11.2. The lowest BCUT2D eigenvalue weighted by atomic mass is 10.1. The molecule has 0 aliphatic rings. The molecule has 5 nitrogen and oxygen atoms in total. The van der Waals surface area contributed by atoms with Gasteiger partial charge >= 0.3 is 0 Å². The molecule has 0 radical (unpaired) electrons. The predicted molar refractivity (Wildman–Crippen MR) is 91.6 cm³/mol. The van der Waals surface area contributed by atoms with E-state index in [2.05, 4.69) is 22.4 Å². The van der Waals surface area contributed by atoms with Gasteiger partial charge < -0.3 is 10.1 Å². The molecular weight excluding hydrogens is 290 g/mol. The van der Waals surface area contributed by atoms with Crippen molar-refractivity contribution in [3.8, 4) is 17.0 Å². The lowest BCUT2D eigenvalue weighted by Crippen LogP contribution is -2.05. The SMILES string of the molecule is CCCOc1ccc2[nH]nc(-c3cccc(NC(C)=O)c3)c2c1. The third kappa shape index (κ3) is 3.34. The van der Waals surface area contributed by atoms with Crippen molar-refractivity contribution >= 4 is 22.5 Å². The molecule has 0 saturated heterocycles. The van der Waals surface area contributed by atoms with Gasteiger partial charge in [0.15, 0.2) is 0 Å². The van der Waals surface area contributed by atoms with Crippen LogP contribution in [0.3, 0.4) is 0 Å². The van der Waals surface area contributed by atoms with E-state index in [4.69, 9.17) is 4.74 Å². The Morgan fingerprint density at radius 3 is 2.91 bits per heavy atom. The molecule has 1 aromatic heterocycles. The summed E-state index contributed by atoms with van der Waals surface area (Å²) in [6.07, 6.45) is 0.967. The van der Waals surface area contributed by atoms with Gasteiger partial charge in [-0.1, -0.05) is 19.1 Å². The van der Waals surface area contributed by atoms with Crippen LogP contribution < -0.4 is 10.1 Å². The molecule has 0 fully saturated rings. The summed E-state index contributed by atoms with van der Waals surface area (Å²) < 4.78 is 5.70. The number of carbonyl (C=O) groups excluding carboxylic acids is 1. The largest absolute Gasteiger partial charge is 0.494 e. The fourth-order valence-corrected chi connectivity index (χ4v) is 2.47. The molecule has 118 valence electrons. The number of rotatable bonds is 5. The van der Waals surface area contributed by atoms with Crippen molar-refractivity contribution in [2.45, 2.75) is 20.3 Å². The first-order valence-electron chi connectivity index (χ1n) is 7.66. The quantitative estimate of drug-likeness (QED) is 0.749. The molecule has 0 bridgehead atoms. The Bertz CT molecular complexity index is 839. The number of H-pyrrole nitrogens is 1. The number of amides is 1. The van der Waals surface area contributed by atoms with Gasteiger partial charge in [0.25, 0.3) is 0 Å². The number of aromatic amines is 1. The topological polar surface area (TPSA) is 67.0 Å². The molecule has 0 spiro atoms. The molecule has 1 heterocycles. The zero-order chi connectivity index (χ0) is 16.2. The number of fused-ring (bicyclic) bond motifs is 1. The van der Waals surface area contributed by atoms with Gasteiger partial charge in [-0.2, -0.15) is 5.10 Å². The minimum atomic E-state index is -0.0933. The Balaban J connectivity index is 2.00. The van der Waals surface area contributed by atoms with E-state index >= 15 is 0 Å². The Morgan fingerprint density at radius 2 is 2.13 bits per heavy atom. The monoisotopic (exact) mass is 309 g/mol. The Labute approximate surface area is 134 Å². The molecule has 2 N–H and O–H groups in total. The van der Waals surface area contributed by atoms with Crippen molar-refractivity contribution in [1.29, 1.82) is 0 Å². The summed E-state index contributed by atoms with van der Waals surface area (Å²) in [7, 11) is 0. The second-order valence-corrected chi connectivity index (χ2v) is 5.39. The number of hydrogen-bond acceptors (Lipinski definition) is 3. The summed E-state index contributed by atoms with van der Waals surface area (Å²) in [5.41, 5.74) is 3.49. The second-order valence-electron chi connectivity index (χ2n) is 5.39. The molecule has 0 unspecified atom stereocenters. The molecule has 0 saturated carbocycles. The van der Waals surface area contributed by atoms with Crippen LogP contribution in [0.5, 0.6) is 5.75 Å². The van der Waals surface area contributed by atoms with Crippen LogP contribution in [0.4, 0.5) is 5.69 Å². The number of ether oxygens (including phenoxy) is 1. The average molecular weight is 309 g/mol. The van der Waals surface area contributed by atoms with Crippen LogP contribution in [0, 0.1) is 0 Å². The van der Waals surface area contributed by atoms with Crippen LogP contribution in [-0.4, -0.2) is 22.7 Å². The van der Waals surface area contributed by atoms with Gasteiger partial charge in [-0.3, -0.25) is 9.89 Å². The normalized spacial score (nSPS) is 10.7. The van der Waals surface area contributed by atoms with E-state index in [0.717, 1.165) is 40.0 Å². The Kier molecular flexibility index (Phi) is 4.28. The van der Waals surface area contributed by atoms with Gasteiger partial charge in [0.05, 0.1) is 12.1 Å². The predicted octanol–water partition coefficient (Wildman–Crippen LogP) is 3.98. The van der Waals surface area contributed by atoms with Crippen molar-refractivity contribution in [3.05, 3.63) is 42.5 Å². The molecule has 3 aromatic rings. The van der Waals surface area contributed by atoms with Crippen molar-refractivity contribution in [2.24, 2.45) is 0 Å². The minimum Gasteiger partial charge on any atom is -0.494 e. The molecule has 2 aromatic carbocycles. The molecular formula is C18H19N3O2. The zero-order valence-corrected chi connectivity index (χ0v) is 13.2. The molecule has 3 rings (SSSR count). The smallest absolute Gasteiger partial charge is 0.221 e. The maximum Gasteiger partial charge on any atom is 0.221 e. The highest BCUT2D eigenvalue weighted by Gasteiger charge is 2.10. The summed E-state index contributed by atoms with van der Waals surface area (Å²) in [6, 6.07) is 13.5. The highest BCUT2D eigenvalue weighted by molar-refractivity contribution is 5.95. The Morgan fingerprint density at radius 1 is 1.26 bits per heavy atom. The number of hydrogen-bond donors (Lipinski definition) is 2. The van der Waals surface area contributed by atoms with Gasteiger partial charge in [0, 0.05) is 23.6 Å². The molecule has 0 aliphatic heterocycles. The van der Waals surface area contributed by atoms with E-state index in [1.54, 1.807) is 0 Å². The summed E-state index contributed by atoms with van der Waals surface area (Å²) in [5.74, 6) is 0.740. The highest BCUT2D eigenvalue weighted by Crippen LogP contribution is 2.30. The lowest BCUT2D eigenvalue weighted by Gasteiger charge is -2.06. The van der Waals surface area contributed by atoms with Crippen LogP contribution in [0.2, 0.25) is 0 Å². The van der Waals surface area contributed by atoms with E-state index in [1.165, 1.54) is 6.92 Å². The molecule has 5 heteroatoms. The standard InChI is InChI=1S/C18H19N3O2/c1-3-9-23-15-7-8-17-16(11-15)18(21-20-17)13-5-4-6-14(10-13)19-12(2)22/h4-8,10-11H,3,9H2,1-2H3,(H,19,22)(H,20,21). The van der Waals surface area contributed by atoms with Crippen molar-refractivity contribution in [2.75, 3.05) is 11.9 Å². The average Bonchev–Trinajstić information content (AvgIpc) is 2.95. The summed E-state index contributed by atoms with van der Waals surface area (Å²) >= 11 is 0. The highest BCUT2D eigenvalue weighted by atomic mass is 16.5. The third-order valence-electron chi connectivity index (χ3n) is 3.46. The van der Waals surface area contributed by atoms with Gasteiger partial charge in [0.1, 0.15) is 11.4 Å². The third-order valence-corrected chi connectivity index (χ3v) is 3.46. The first-order valence-corrected chi connectivity index (χ1v) is 7.66. The maximum atomic E-state index is 11.2. The zero-order valence-electron chi connectivity index (χ0n) is 13.2. The summed E-state index contributed by atoms with van der Waals surface area (Å²) in [4.78, 5) is 11.2. The van der Waals surface area contributed by atoms with Crippen LogP contribution in [0.15, 0.2) is 42.5 Å². The van der Waals surface area contributed by atoms with Crippen molar-refractivity contribution < 1.29 is 9.53 Å². The van der Waals surface area contributed by atoms with Gasteiger partial charge in [-0.15, -0.1) is 0 Å². The number of carbonyl (C=O) groups is 1. The number of nitrogens with one attached hydrogen (secondary N) is 2. The van der Waals surface area contributed by atoms with Gasteiger partial charge in [0.2, 0.25) is 5.91 Å².